The van der Waals surface area contributed by atoms with Crippen LogP contribution in [0.5, 0.6) is 0 Å². The summed E-state index contributed by atoms with van der Waals surface area (Å²) in [6.45, 7) is 1.59. The van der Waals surface area contributed by atoms with Crippen molar-refractivity contribution in [3.8, 4) is 0 Å². The maximum absolute atomic E-state index is 13.6. The van der Waals surface area contributed by atoms with E-state index in [9.17, 15) is 18.8 Å². The van der Waals surface area contributed by atoms with Gasteiger partial charge >= 0.3 is 11.7 Å². The number of esters is 1. The van der Waals surface area contributed by atoms with Crippen LogP contribution in [0.1, 0.15) is 23.7 Å². The van der Waals surface area contributed by atoms with Gasteiger partial charge < -0.3 is 4.74 Å². The zero-order valence-electron chi connectivity index (χ0n) is 14.9. The summed E-state index contributed by atoms with van der Waals surface area (Å²) in [7, 11) is 0. The molecule has 0 saturated carbocycles. The highest BCUT2D eigenvalue weighted by Crippen LogP contribution is 2.13. The number of nitrogens with zero attached hydrogens (tertiary/aromatic N) is 2. The Morgan fingerprint density at radius 2 is 1.63 bits per heavy atom. The highest BCUT2D eigenvalue weighted by Gasteiger charge is 2.17. The molecule has 6 nitrogen and oxygen atoms in total. The molecule has 0 radical (unpaired) electrons. The second kappa shape index (κ2) is 7.99. The van der Waals surface area contributed by atoms with Crippen LogP contribution in [-0.4, -0.2) is 27.5 Å². The minimum Gasteiger partial charge on any atom is -0.456 e. The smallest absolute Gasteiger partial charge is 0.329 e. The van der Waals surface area contributed by atoms with Gasteiger partial charge in [-0.05, 0) is 30.7 Å². The second-order valence-electron chi connectivity index (χ2n) is 6.07. The predicted octanol–water partition coefficient (Wildman–Crippen LogP) is 2.78. The Bertz CT molecular complexity index is 1050. The van der Waals surface area contributed by atoms with Gasteiger partial charge in [-0.3, -0.25) is 18.7 Å². The Morgan fingerprint density at radius 3 is 2.30 bits per heavy atom. The lowest BCUT2D eigenvalue weighted by Crippen LogP contribution is -2.28. The van der Waals surface area contributed by atoms with Gasteiger partial charge in [-0.1, -0.05) is 31.2 Å². The molecule has 27 heavy (non-hydrogen) atoms. The van der Waals surface area contributed by atoms with Gasteiger partial charge in [0.2, 0.25) is 5.78 Å². The number of fused-ring (bicyclic) bond motifs is 1. The fourth-order valence-electron chi connectivity index (χ4n) is 2.95. The van der Waals surface area contributed by atoms with Crippen LogP contribution in [0.4, 0.5) is 4.39 Å². The minimum atomic E-state index is -0.735. The molecule has 0 spiro atoms. The lowest BCUT2D eigenvalue weighted by atomic mass is 10.1. The number of carbonyl (C=O) groups is 2. The summed E-state index contributed by atoms with van der Waals surface area (Å²) in [4.78, 5) is 36.8. The number of ether oxygens (including phenoxy) is 1. The van der Waals surface area contributed by atoms with Crippen LogP contribution in [0.3, 0.4) is 0 Å². The first kappa shape index (κ1) is 18.6. The zero-order chi connectivity index (χ0) is 19.4. The number of rotatable bonds is 7. The van der Waals surface area contributed by atoms with Crippen molar-refractivity contribution in [3.05, 3.63) is 70.4 Å². The molecular weight excluding hydrogens is 351 g/mol. The number of carbonyl (C=O) groups excluding carboxylic acids is 2. The SMILES string of the molecule is CCCn1c(=O)n(CC(=O)OCC(=O)c2ccccc2F)c2ccccc21. The minimum absolute atomic E-state index is 0.137. The highest BCUT2D eigenvalue weighted by molar-refractivity contribution is 5.98. The third-order valence-electron chi connectivity index (χ3n) is 4.20. The van der Waals surface area contributed by atoms with E-state index in [-0.39, 0.29) is 17.8 Å². The van der Waals surface area contributed by atoms with Crippen molar-refractivity contribution in [2.24, 2.45) is 0 Å². The van der Waals surface area contributed by atoms with Crippen molar-refractivity contribution in [1.82, 2.24) is 9.13 Å². The van der Waals surface area contributed by atoms with Crippen LogP contribution in [0, 0.1) is 5.82 Å². The molecule has 0 atom stereocenters. The van der Waals surface area contributed by atoms with Crippen LogP contribution < -0.4 is 5.69 Å². The standard InChI is InChI=1S/C20H19FN2O4/c1-2-11-22-16-9-5-6-10-17(16)23(20(22)26)12-19(25)27-13-18(24)14-7-3-4-8-15(14)21/h3-10H,2,11-13H2,1H3. The molecule has 0 fully saturated rings. The number of benzene rings is 2. The van der Waals surface area contributed by atoms with E-state index in [1.165, 1.54) is 22.8 Å². The van der Waals surface area contributed by atoms with E-state index < -0.39 is 24.2 Å². The molecule has 0 saturated heterocycles. The van der Waals surface area contributed by atoms with E-state index in [2.05, 4.69) is 0 Å². The summed E-state index contributed by atoms with van der Waals surface area (Å²) < 4.78 is 21.5. The number of hydrogen-bond acceptors (Lipinski definition) is 4. The molecule has 0 aliphatic carbocycles. The van der Waals surface area contributed by atoms with Crippen LogP contribution in [-0.2, 0) is 22.6 Å². The highest BCUT2D eigenvalue weighted by atomic mass is 19.1. The van der Waals surface area contributed by atoms with Crippen molar-refractivity contribution >= 4 is 22.8 Å². The van der Waals surface area contributed by atoms with E-state index in [0.29, 0.717) is 12.1 Å². The first-order valence-corrected chi connectivity index (χ1v) is 8.64. The molecule has 0 aliphatic heterocycles. The molecule has 0 N–H and O–H groups in total. The molecule has 0 aliphatic rings. The summed E-state index contributed by atoms with van der Waals surface area (Å²) >= 11 is 0. The summed E-state index contributed by atoms with van der Waals surface area (Å²) in [5.74, 6) is -2.04. The largest absolute Gasteiger partial charge is 0.456 e. The van der Waals surface area contributed by atoms with Gasteiger partial charge in [-0.25, -0.2) is 9.18 Å². The Hall–Kier alpha value is -3.22. The zero-order valence-corrected chi connectivity index (χ0v) is 14.9. The second-order valence-corrected chi connectivity index (χ2v) is 6.07. The molecule has 0 amide bonds. The van der Waals surface area contributed by atoms with E-state index in [4.69, 9.17) is 4.74 Å². The molecule has 3 rings (SSSR count). The van der Waals surface area contributed by atoms with E-state index in [1.54, 1.807) is 16.7 Å². The molecule has 1 heterocycles. The normalized spacial score (nSPS) is 10.9. The van der Waals surface area contributed by atoms with Gasteiger partial charge in [0.05, 0.1) is 16.6 Å². The number of halogens is 1. The van der Waals surface area contributed by atoms with Gasteiger partial charge in [-0.2, -0.15) is 0 Å². The molecule has 7 heteroatoms. The number of aryl methyl sites for hydroxylation is 1. The lowest BCUT2D eigenvalue weighted by Gasteiger charge is -2.06. The summed E-state index contributed by atoms with van der Waals surface area (Å²) in [6.07, 6.45) is 0.773. The van der Waals surface area contributed by atoms with Crippen molar-refractivity contribution in [2.75, 3.05) is 6.61 Å². The van der Waals surface area contributed by atoms with Crippen LogP contribution in [0.2, 0.25) is 0 Å². The average Bonchev–Trinajstić information content (AvgIpc) is 2.93. The van der Waals surface area contributed by atoms with Gasteiger partial charge in [0.1, 0.15) is 12.4 Å². The number of ketones is 1. The maximum atomic E-state index is 13.6. The fraction of sp³-hybridized carbons (Fsp3) is 0.250. The summed E-state index contributed by atoms with van der Waals surface area (Å²) in [6, 6.07) is 12.7. The third kappa shape index (κ3) is 3.81. The molecule has 1 aromatic heterocycles. The average molecular weight is 370 g/mol. The number of para-hydroxylation sites is 2. The van der Waals surface area contributed by atoms with E-state index >= 15 is 0 Å². The third-order valence-corrected chi connectivity index (χ3v) is 4.20. The molecule has 2 aromatic carbocycles. The first-order chi connectivity index (χ1) is 13.0. The predicted molar refractivity (Wildman–Crippen MR) is 98.2 cm³/mol. The summed E-state index contributed by atoms with van der Waals surface area (Å²) in [5.41, 5.74) is 0.908. The molecule has 0 bridgehead atoms. The Balaban J connectivity index is 1.75. The molecule has 140 valence electrons. The Morgan fingerprint density at radius 1 is 1.00 bits per heavy atom. The molecule has 3 aromatic rings. The number of imidazole rings is 1. The topological polar surface area (TPSA) is 70.3 Å². The van der Waals surface area contributed by atoms with E-state index in [1.807, 2.05) is 19.1 Å². The number of Topliss-reactive ketones (excluding diaryl/α,β-unsaturated/α-hetero) is 1. The van der Waals surface area contributed by atoms with Gasteiger partial charge in [0, 0.05) is 6.54 Å². The lowest BCUT2D eigenvalue weighted by molar-refractivity contribution is -0.143. The van der Waals surface area contributed by atoms with Crippen molar-refractivity contribution in [2.45, 2.75) is 26.4 Å². The quantitative estimate of drug-likeness (QED) is 0.474. The van der Waals surface area contributed by atoms with Gasteiger partial charge in [0.15, 0.2) is 6.61 Å². The van der Waals surface area contributed by atoms with Crippen LogP contribution in [0.15, 0.2) is 53.3 Å². The van der Waals surface area contributed by atoms with Gasteiger partial charge in [0.25, 0.3) is 0 Å². The number of aromatic nitrogens is 2. The molecular formula is C20H19FN2O4. The van der Waals surface area contributed by atoms with Crippen molar-refractivity contribution in [1.29, 1.82) is 0 Å². The van der Waals surface area contributed by atoms with Crippen LogP contribution >= 0.6 is 0 Å². The molecule has 0 unspecified atom stereocenters. The Labute approximate surface area is 154 Å². The van der Waals surface area contributed by atoms with Crippen molar-refractivity contribution < 1.29 is 18.7 Å². The van der Waals surface area contributed by atoms with E-state index in [0.717, 1.165) is 18.0 Å². The Kier molecular flexibility index (Phi) is 5.49. The monoisotopic (exact) mass is 370 g/mol. The number of hydrogen-bond donors (Lipinski definition) is 0. The summed E-state index contributed by atoms with van der Waals surface area (Å²) in [5, 5.41) is 0. The van der Waals surface area contributed by atoms with Gasteiger partial charge in [-0.15, -0.1) is 0 Å². The first-order valence-electron chi connectivity index (χ1n) is 8.64. The van der Waals surface area contributed by atoms with Crippen LogP contribution in [0.25, 0.3) is 11.0 Å². The maximum Gasteiger partial charge on any atom is 0.329 e. The fourth-order valence-corrected chi connectivity index (χ4v) is 2.95. The van der Waals surface area contributed by atoms with Crippen molar-refractivity contribution in [3.63, 3.8) is 0 Å².